The number of hydrogen-bond donors (Lipinski definition) is 2. The largest absolute Gasteiger partial charge is 0.483 e. The summed E-state index contributed by atoms with van der Waals surface area (Å²) in [6.45, 7) is 5.99. The molecule has 0 aliphatic carbocycles. The summed E-state index contributed by atoms with van der Waals surface area (Å²) < 4.78 is 4.74. The van der Waals surface area contributed by atoms with Crippen molar-refractivity contribution in [3.05, 3.63) is 23.8 Å². The molecule has 2 N–H and O–H groups in total. The van der Waals surface area contributed by atoms with Crippen LogP contribution in [0.3, 0.4) is 0 Å². The van der Waals surface area contributed by atoms with E-state index in [9.17, 15) is 9.59 Å². The normalized spacial score (nSPS) is 18.8. The number of hydrogen-bond acceptors (Lipinski definition) is 7. The molecule has 2 amide bonds. The van der Waals surface area contributed by atoms with E-state index in [0.717, 1.165) is 31.4 Å². The second-order valence-electron chi connectivity index (χ2n) is 9.08. The van der Waals surface area contributed by atoms with Crippen LogP contribution in [-0.4, -0.2) is 76.7 Å². The number of carboxylic acid groups (broad SMARTS) is 1. The van der Waals surface area contributed by atoms with Gasteiger partial charge in [0.2, 0.25) is 11.8 Å². The third-order valence-corrected chi connectivity index (χ3v) is 5.70. The zero-order valence-corrected chi connectivity index (χ0v) is 19.9. The highest BCUT2D eigenvalue weighted by Crippen LogP contribution is 2.20. The predicted molar refractivity (Wildman–Crippen MR) is 123 cm³/mol. The number of nitrogens with zero attached hydrogens (tertiary/aromatic N) is 4. The first-order chi connectivity index (χ1) is 15.7. The number of carbonyl (C=O) groups excluding carboxylic acids is 2. The Labute approximate surface area is 194 Å². The van der Waals surface area contributed by atoms with Gasteiger partial charge in [-0.2, -0.15) is 0 Å². The number of rotatable bonds is 7. The lowest BCUT2D eigenvalue weighted by atomic mass is 10.00. The van der Waals surface area contributed by atoms with Crippen LogP contribution in [0.2, 0.25) is 0 Å². The van der Waals surface area contributed by atoms with Crippen LogP contribution in [-0.2, 0) is 20.9 Å². The average Bonchev–Trinajstić information content (AvgIpc) is 3.14. The third-order valence-electron chi connectivity index (χ3n) is 5.70. The number of fused-ring (bicyclic) bond motifs is 1. The van der Waals surface area contributed by atoms with Gasteiger partial charge in [-0.05, 0) is 60.2 Å². The van der Waals surface area contributed by atoms with Gasteiger partial charge in [-0.1, -0.05) is 19.9 Å². The molecule has 0 spiro atoms. The van der Waals surface area contributed by atoms with Crippen LogP contribution in [0.15, 0.2) is 22.8 Å². The van der Waals surface area contributed by atoms with Gasteiger partial charge >= 0.3 is 0 Å². The molecule has 10 nitrogen and oxygen atoms in total. The predicted octanol–water partition coefficient (Wildman–Crippen LogP) is 2.14. The van der Waals surface area contributed by atoms with Crippen molar-refractivity contribution in [3.8, 4) is 0 Å². The fourth-order valence-electron chi connectivity index (χ4n) is 4.04. The zero-order valence-electron chi connectivity index (χ0n) is 19.9. The lowest BCUT2D eigenvalue weighted by Gasteiger charge is -2.25. The highest BCUT2D eigenvalue weighted by molar-refractivity contribution is 5.79. The molecule has 0 saturated carbocycles. The summed E-state index contributed by atoms with van der Waals surface area (Å²) in [7, 11) is 3.86. The van der Waals surface area contributed by atoms with E-state index in [0.29, 0.717) is 36.5 Å². The molecule has 0 unspecified atom stereocenters. The maximum absolute atomic E-state index is 13.1. The van der Waals surface area contributed by atoms with E-state index in [4.69, 9.17) is 14.5 Å². The summed E-state index contributed by atoms with van der Waals surface area (Å²) in [5, 5.41) is 17.7. The lowest BCUT2D eigenvalue weighted by molar-refractivity contribution is -0.135. The monoisotopic (exact) mass is 461 g/mol. The van der Waals surface area contributed by atoms with Gasteiger partial charge in [0.1, 0.15) is 11.0 Å². The maximum atomic E-state index is 13.1. The minimum absolute atomic E-state index is 0.0741. The van der Waals surface area contributed by atoms with Gasteiger partial charge in [0, 0.05) is 39.1 Å². The topological polar surface area (TPSA) is 129 Å². The van der Waals surface area contributed by atoms with E-state index in [1.165, 1.54) is 0 Å². The summed E-state index contributed by atoms with van der Waals surface area (Å²) in [4.78, 5) is 37.6. The first-order valence-electron chi connectivity index (χ1n) is 11.2. The van der Waals surface area contributed by atoms with Crippen molar-refractivity contribution in [2.24, 2.45) is 11.8 Å². The number of aromatic nitrogens is 2. The van der Waals surface area contributed by atoms with E-state index in [1.807, 2.05) is 32.3 Å². The number of amides is 2. The van der Waals surface area contributed by atoms with E-state index in [-0.39, 0.29) is 30.2 Å². The Kier molecular flexibility index (Phi) is 10.2. The molecule has 3 rings (SSSR count). The Morgan fingerprint density at radius 1 is 1.27 bits per heavy atom. The van der Waals surface area contributed by atoms with Gasteiger partial charge < -0.3 is 20.2 Å². The molecule has 0 radical (unpaired) electrons. The minimum Gasteiger partial charge on any atom is -0.483 e. The van der Waals surface area contributed by atoms with Gasteiger partial charge in [-0.3, -0.25) is 14.4 Å². The zero-order chi connectivity index (χ0) is 24.4. The van der Waals surface area contributed by atoms with Crippen molar-refractivity contribution in [3.63, 3.8) is 0 Å². The highest BCUT2D eigenvalue weighted by atomic mass is 16.6. The van der Waals surface area contributed by atoms with Crippen LogP contribution in [0, 0.1) is 11.8 Å². The molecule has 1 aromatic heterocycles. The minimum atomic E-state index is -0.250. The van der Waals surface area contributed by atoms with Crippen molar-refractivity contribution in [2.45, 2.75) is 52.1 Å². The summed E-state index contributed by atoms with van der Waals surface area (Å²) in [6, 6.07) is 5.79. The highest BCUT2D eigenvalue weighted by Gasteiger charge is 2.29. The van der Waals surface area contributed by atoms with Crippen LogP contribution < -0.4 is 5.32 Å². The van der Waals surface area contributed by atoms with Crippen molar-refractivity contribution >= 4 is 29.3 Å². The number of benzene rings is 1. The Bertz CT molecular complexity index is 916. The van der Waals surface area contributed by atoms with Gasteiger partial charge in [0.15, 0.2) is 0 Å². The fourth-order valence-corrected chi connectivity index (χ4v) is 4.04. The van der Waals surface area contributed by atoms with Crippen LogP contribution in [0.1, 0.15) is 45.1 Å². The summed E-state index contributed by atoms with van der Waals surface area (Å²) in [5.74, 6) is 0.690. The molecule has 1 fully saturated rings. The number of carbonyl (C=O) groups is 3. The maximum Gasteiger partial charge on any atom is 0.290 e. The number of nitrogens with one attached hydrogen (secondary N) is 1. The Morgan fingerprint density at radius 3 is 2.67 bits per heavy atom. The smallest absolute Gasteiger partial charge is 0.290 e. The van der Waals surface area contributed by atoms with Crippen LogP contribution in [0.4, 0.5) is 0 Å². The van der Waals surface area contributed by atoms with E-state index in [1.54, 1.807) is 4.90 Å². The molecule has 2 atom stereocenters. The van der Waals surface area contributed by atoms with Crippen molar-refractivity contribution in [1.82, 2.24) is 25.4 Å². The van der Waals surface area contributed by atoms with Crippen molar-refractivity contribution < 1.29 is 24.1 Å². The third kappa shape index (κ3) is 8.45. The summed E-state index contributed by atoms with van der Waals surface area (Å²) >= 11 is 0. The molecule has 2 aromatic rings. The van der Waals surface area contributed by atoms with Crippen molar-refractivity contribution in [1.29, 1.82) is 0 Å². The average molecular weight is 462 g/mol. The fraction of sp³-hybridized carbons (Fsp3) is 0.609. The molecule has 182 valence electrons. The molecule has 1 aliphatic rings. The Hall–Kier alpha value is -3.01. The Morgan fingerprint density at radius 2 is 1.97 bits per heavy atom. The first kappa shape index (κ1) is 26.2. The standard InChI is InChI=1S/C22H33N5O3.CH2O2/c1-15(2)5-10-21(28)23-18-8-7-17(13-26(3)14-18)22(29)27(4)12-16-6-9-19-20(11-16)25-30-24-19;2-1-3/h6,9,11,15,17-18H,5,7-8,10,12-14H2,1-4H3,(H,23,28);1H,(H,2,3)/t17-,18+;/m1./s1. The molecule has 10 heteroatoms. The first-order valence-corrected chi connectivity index (χ1v) is 11.2. The molecule has 0 bridgehead atoms. The molecule has 2 heterocycles. The quantitative estimate of drug-likeness (QED) is 0.600. The number of likely N-dealkylation sites (tertiary alicyclic amines) is 1. The second-order valence-corrected chi connectivity index (χ2v) is 9.08. The Balaban J connectivity index is 0.00000122. The molecular weight excluding hydrogens is 426 g/mol. The van der Waals surface area contributed by atoms with Crippen LogP contribution >= 0.6 is 0 Å². The summed E-state index contributed by atoms with van der Waals surface area (Å²) in [6.07, 6.45) is 3.05. The van der Waals surface area contributed by atoms with E-state index < -0.39 is 0 Å². The summed E-state index contributed by atoms with van der Waals surface area (Å²) in [5.41, 5.74) is 2.39. The van der Waals surface area contributed by atoms with Gasteiger partial charge in [-0.15, -0.1) is 0 Å². The lowest BCUT2D eigenvalue weighted by Crippen LogP contribution is -2.42. The molecule has 33 heavy (non-hydrogen) atoms. The van der Waals surface area contributed by atoms with Gasteiger partial charge in [0.05, 0.1) is 5.92 Å². The molecular formula is C23H35N5O5. The second kappa shape index (κ2) is 12.9. The van der Waals surface area contributed by atoms with Crippen LogP contribution in [0.25, 0.3) is 11.0 Å². The van der Waals surface area contributed by atoms with Crippen LogP contribution in [0.5, 0.6) is 0 Å². The van der Waals surface area contributed by atoms with E-state index >= 15 is 0 Å². The van der Waals surface area contributed by atoms with Gasteiger partial charge in [-0.25, -0.2) is 4.63 Å². The van der Waals surface area contributed by atoms with E-state index in [2.05, 4.69) is 34.4 Å². The van der Waals surface area contributed by atoms with Gasteiger partial charge in [0.25, 0.3) is 6.47 Å². The van der Waals surface area contributed by atoms with Crippen molar-refractivity contribution in [2.75, 3.05) is 27.2 Å². The molecule has 1 saturated heterocycles. The SMILES string of the molecule is CC(C)CCC(=O)N[C@H]1CC[C@@H](C(=O)N(C)Cc2ccc3nonc3c2)CN(C)C1.O=CO. The molecule has 1 aliphatic heterocycles. The molecule has 1 aromatic carbocycles. The number of likely N-dealkylation sites (N-methyl/N-ethyl adjacent to an activating group) is 1.